The van der Waals surface area contributed by atoms with Gasteiger partial charge in [-0.25, -0.2) is 4.98 Å². The lowest BCUT2D eigenvalue weighted by molar-refractivity contribution is 0.199. The molecule has 1 atom stereocenters. The van der Waals surface area contributed by atoms with Crippen molar-refractivity contribution < 1.29 is 5.11 Å². The Kier molecular flexibility index (Phi) is 5.45. The molecule has 4 nitrogen and oxygen atoms in total. The number of nitrogens with one attached hydrogen (secondary N) is 1. The molecule has 0 saturated heterocycles. The third kappa shape index (κ3) is 4.33. The van der Waals surface area contributed by atoms with E-state index >= 15 is 0 Å². The summed E-state index contributed by atoms with van der Waals surface area (Å²) in [4.78, 5) is 19.5. The van der Waals surface area contributed by atoms with Gasteiger partial charge in [-0.05, 0) is 31.0 Å². The highest BCUT2D eigenvalue weighted by atomic mass is 35.5. The summed E-state index contributed by atoms with van der Waals surface area (Å²) in [5, 5.41) is 10.6. The molecule has 1 heterocycles. The van der Waals surface area contributed by atoms with E-state index in [1.54, 1.807) is 13.0 Å². The molecule has 0 bridgehead atoms. The van der Waals surface area contributed by atoms with Gasteiger partial charge in [-0.15, -0.1) is 0 Å². The minimum absolute atomic E-state index is 0.160. The first-order chi connectivity index (χ1) is 9.99. The number of aryl methyl sites for hydroxylation is 1. The predicted molar refractivity (Wildman–Crippen MR) is 85.1 cm³/mol. The smallest absolute Gasteiger partial charge is 0.251 e. The molecule has 0 aliphatic rings. The predicted octanol–water partition coefficient (Wildman–Crippen LogP) is 3.58. The van der Waals surface area contributed by atoms with Crippen LogP contribution in [0, 0.1) is 0 Å². The number of aliphatic hydroxyl groups excluding tert-OH is 1. The van der Waals surface area contributed by atoms with Crippen LogP contribution in [0.25, 0.3) is 0 Å². The van der Waals surface area contributed by atoms with Gasteiger partial charge >= 0.3 is 0 Å². The van der Waals surface area contributed by atoms with Crippen LogP contribution in [-0.4, -0.2) is 15.1 Å². The monoisotopic (exact) mass is 324 g/mol. The zero-order valence-electron chi connectivity index (χ0n) is 11.9. The maximum atomic E-state index is 11.6. The van der Waals surface area contributed by atoms with Crippen LogP contribution in [0.4, 0.5) is 0 Å². The standard InChI is InChI=1S/C15H17ClN2O2S/c1-3-4-11-8-14(20)18-15(17-11)21-13-6-5-10(9(2)19)7-12(13)16/h5-9,19H,3-4H2,1-2H3,(H,17,18,20)/t9-/m0/s1. The van der Waals surface area contributed by atoms with Gasteiger partial charge in [-0.2, -0.15) is 0 Å². The first-order valence-electron chi connectivity index (χ1n) is 6.75. The molecule has 0 radical (unpaired) electrons. The molecule has 0 saturated carbocycles. The molecule has 2 N–H and O–H groups in total. The first kappa shape index (κ1) is 16.1. The molecule has 0 spiro atoms. The van der Waals surface area contributed by atoms with Crippen molar-refractivity contribution in [3.8, 4) is 0 Å². The van der Waals surface area contributed by atoms with Crippen molar-refractivity contribution in [1.82, 2.24) is 9.97 Å². The van der Waals surface area contributed by atoms with E-state index in [1.165, 1.54) is 17.8 Å². The van der Waals surface area contributed by atoms with Crippen molar-refractivity contribution in [2.75, 3.05) is 0 Å². The lowest BCUT2D eigenvalue weighted by Crippen LogP contribution is -2.09. The van der Waals surface area contributed by atoms with Gasteiger partial charge in [-0.1, -0.05) is 42.8 Å². The van der Waals surface area contributed by atoms with E-state index in [2.05, 4.69) is 9.97 Å². The van der Waals surface area contributed by atoms with Crippen molar-refractivity contribution in [3.63, 3.8) is 0 Å². The van der Waals surface area contributed by atoms with E-state index in [0.717, 1.165) is 29.0 Å². The Morgan fingerprint density at radius 1 is 1.43 bits per heavy atom. The minimum Gasteiger partial charge on any atom is -0.389 e. The molecular formula is C15H17ClN2O2S. The van der Waals surface area contributed by atoms with Gasteiger partial charge in [0.15, 0.2) is 5.16 Å². The molecule has 2 aromatic rings. The van der Waals surface area contributed by atoms with Crippen LogP contribution in [0.15, 0.2) is 39.1 Å². The Hall–Kier alpha value is -1.30. The zero-order chi connectivity index (χ0) is 15.4. The summed E-state index contributed by atoms with van der Waals surface area (Å²) in [6, 6.07) is 6.88. The molecule has 2 rings (SSSR count). The van der Waals surface area contributed by atoms with E-state index in [1.807, 2.05) is 19.1 Å². The van der Waals surface area contributed by atoms with E-state index < -0.39 is 6.10 Å². The third-order valence-corrected chi connectivity index (χ3v) is 4.31. The zero-order valence-corrected chi connectivity index (χ0v) is 13.5. The second-order valence-corrected chi connectivity index (χ2v) is 6.20. The summed E-state index contributed by atoms with van der Waals surface area (Å²) in [7, 11) is 0. The maximum absolute atomic E-state index is 11.6. The summed E-state index contributed by atoms with van der Waals surface area (Å²) >= 11 is 7.52. The maximum Gasteiger partial charge on any atom is 0.251 e. The lowest BCUT2D eigenvalue weighted by Gasteiger charge is -2.09. The molecule has 1 aromatic carbocycles. The molecule has 0 amide bonds. The number of aromatic amines is 1. The summed E-state index contributed by atoms with van der Waals surface area (Å²) in [6.45, 7) is 3.73. The Balaban J connectivity index is 2.27. The average molecular weight is 325 g/mol. The Morgan fingerprint density at radius 3 is 2.81 bits per heavy atom. The SMILES string of the molecule is CCCc1cc(=O)[nH]c(Sc2ccc([C@H](C)O)cc2Cl)n1. The van der Waals surface area contributed by atoms with Gasteiger partial charge in [0.2, 0.25) is 0 Å². The summed E-state index contributed by atoms with van der Waals surface area (Å²) in [6.07, 6.45) is 1.14. The van der Waals surface area contributed by atoms with Crippen molar-refractivity contribution in [3.05, 3.63) is 50.9 Å². The van der Waals surface area contributed by atoms with Crippen LogP contribution in [0.5, 0.6) is 0 Å². The number of halogens is 1. The van der Waals surface area contributed by atoms with Crippen LogP contribution in [-0.2, 0) is 6.42 Å². The van der Waals surface area contributed by atoms with E-state index in [-0.39, 0.29) is 5.56 Å². The fourth-order valence-electron chi connectivity index (χ4n) is 1.88. The van der Waals surface area contributed by atoms with Crippen LogP contribution < -0.4 is 5.56 Å². The molecular weight excluding hydrogens is 308 g/mol. The summed E-state index contributed by atoms with van der Waals surface area (Å²) < 4.78 is 0. The average Bonchev–Trinajstić information content (AvgIpc) is 2.40. The van der Waals surface area contributed by atoms with Crippen LogP contribution in [0.3, 0.4) is 0 Å². The van der Waals surface area contributed by atoms with E-state index in [9.17, 15) is 9.90 Å². The minimum atomic E-state index is -0.563. The summed E-state index contributed by atoms with van der Waals surface area (Å²) in [5.74, 6) is 0. The number of H-pyrrole nitrogens is 1. The molecule has 1 aromatic heterocycles. The van der Waals surface area contributed by atoms with Crippen LogP contribution in [0.1, 0.15) is 37.6 Å². The lowest BCUT2D eigenvalue weighted by atomic mass is 10.1. The van der Waals surface area contributed by atoms with Crippen LogP contribution in [0.2, 0.25) is 5.02 Å². The van der Waals surface area contributed by atoms with E-state index in [4.69, 9.17) is 11.6 Å². The third-order valence-electron chi connectivity index (χ3n) is 2.92. The second-order valence-electron chi connectivity index (χ2n) is 4.76. The first-order valence-corrected chi connectivity index (χ1v) is 7.94. The normalized spacial score (nSPS) is 12.4. The Morgan fingerprint density at radius 2 is 2.19 bits per heavy atom. The van der Waals surface area contributed by atoms with Gasteiger partial charge in [0.25, 0.3) is 5.56 Å². The Bertz CT molecular complexity index is 686. The number of aromatic nitrogens is 2. The molecule has 0 fully saturated rings. The van der Waals surface area contributed by atoms with Gasteiger partial charge in [0.1, 0.15) is 0 Å². The molecule has 112 valence electrons. The number of aliphatic hydroxyl groups is 1. The fourth-order valence-corrected chi connectivity index (χ4v) is 3.00. The van der Waals surface area contributed by atoms with Crippen molar-refractivity contribution >= 4 is 23.4 Å². The highest BCUT2D eigenvalue weighted by Gasteiger charge is 2.09. The fraction of sp³-hybridized carbons (Fsp3) is 0.333. The number of hydrogen-bond acceptors (Lipinski definition) is 4. The molecule has 0 aliphatic carbocycles. The topological polar surface area (TPSA) is 66.0 Å². The van der Waals surface area contributed by atoms with Crippen LogP contribution >= 0.6 is 23.4 Å². The Labute approximate surface area is 132 Å². The van der Waals surface area contributed by atoms with Crippen molar-refractivity contribution in [1.29, 1.82) is 0 Å². The number of benzene rings is 1. The highest BCUT2D eigenvalue weighted by Crippen LogP contribution is 2.32. The number of rotatable bonds is 5. The van der Waals surface area contributed by atoms with Crippen molar-refractivity contribution in [2.45, 2.75) is 42.8 Å². The molecule has 21 heavy (non-hydrogen) atoms. The quantitative estimate of drug-likeness (QED) is 0.825. The summed E-state index contributed by atoms with van der Waals surface area (Å²) in [5.41, 5.74) is 1.37. The largest absolute Gasteiger partial charge is 0.389 e. The molecule has 6 heteroatoms. The van der Waals surface area contributed by atoms with E-state index in [0.29, 0.717) is 10.2 Å². The number of nitrogens with zero attached hydrogens (tertiary/aromatic N) is 1. The highest BCUT2D eigenvalue weighted by molar-refractivity contribution is 7.99. The van der Waals surface area contributed by atoms with Gasteiger partial charge < -0.3 is 10.1 Å². The molecule has 0 aliphatic heterocycles. The molecule has 0 unspecified atom stereocenters. The number of hydrogen-bond donors (Lipinski definition) is 2. The van der Waals surface area contributed by atoms with Gasteiger partial charge in [0.05, 0.1) is 11.1 Å². The van der Waals surface area contributed by atoms with Crippen molar-refractivity contribution in [2.24, 2.45) is 0 Å². The second kappa shape index (κ2) is 7.11. The van der Waals surface area contributed by atoms with Gasteiger partial charge in [-0.3, -0.25) is 4.79 Å². The van der Waals surface area contributed by atoms with Gasteiger partial charge in [0, 0.05) is 16.7 Å².